The average Bonchev–Trinajstić information content (AvgIpc) is 3.75. The summed E-state index contributed by atoms with van der Waals surface area (Å²) in [6.07, 6.45) is 0. The van der Waals surface area contributed by atoms with E-state index in [2.05, 4.69) is 290 Å². The molecule has 0 fully saturated rings. The zero-order valence-electron chi connectivity index (χ0n) is 38.6. The Bertz CT molecular complexity index is 3800. The van der Waals surface area contributed by atoms with Gasteiger partial charge in [-0.05, 0) is 113 Å². The fraction of sp³-hybridized carbons (Fsp3) is 0.0145. The molecule has 12 aromatic carbocycles. The van der Waals surface area contributed by atoms with Crippen LogP contribution in [0.2, 0.25) is 0 Å². The van der Waals surface area contributed by atoms with Gasteiger partial charge in [0, 0.05) is 22.3 Å². The number of rotatable bonds is 9. The quantitative estimate of drug-likeness (QED) is 0.131. The van der Waals surface area contributed by atoms with Gasteiger partial charge in [-0.3, -0.25) is 0 Å². The standard InChI is InChI=1S/C69H47N/c1-6-22-48(23-7-1)49-38-40-51(41-39-49)57-44-42-55(46-63(57)50-24-8-2-9-25-50)70(68-62-36-19-17-33-59(62)58-32-16-18-35-61(58)67(68)52-26-10-3-11-27-52)56-43-45-66-64(47-56)60-34-20-21-37-65(60)69(66,53-28-12-4-13-29-53)54-30-14-5-15-31-54/h1-47H. The van der Waals surface area contributed by atoms with E-state index in [0.717, 1.165) is 22.6 Å². The van der Waals surface area contributed by atoms with Crippen LogP contribution >= 0.6 is 0 Å². The Morgan fingerprint density at radius 3 is 1.29 bits per heavy atom. The Labute approximate surface area is 409 Å². The molecule has 0 unspecified atom stereocenters. The highest BCUT2D eigenvalue weighted by Gasteiger charge is 2.46. The van der Waals surface area contributed by atoms with Crippen molar-refractivity contribution in [2.75, 3.05) is 4.90 Å². The molecule has 70 heavy (non-hydrogen) atoms. The van der Waals surface area contributed by atoms with Gasteiger partial charge in [-0.2, -0.15) is 0 Å². The molecule has 0 radical (unpaired) electrons. The molecule has 0 aromatic heterocycles. The molecule has 1 heteroatoms. The fourth-order valence-corrected chi connectivity index (χ4v) is 11.5. The van der Waals surface area contributed by atoms with Crippen molar-refractivity contribution in [2.24, 2.45) is 0 Å². The van der Waals surface area contributed by atoms with Crippen molar-refractivity contribution < 1.29 is 0 Å². The number of hydrogen-bond acceptors (Lipinski definition) is 1. The second kappa shape index (κ2) is 17.2. The normalized spacial score (nSPS) is 12.4. The first-order valence-electron chi connectivity index (χ1n) is 24.3. The lowest BCUT2D eigenvalue weighted by molar-refractivity contribution is 0.768. The lowest BCUT2D eigenvalue weighted by Gasteiger charge is -2.34. The van der Waals surface area contributed by atoms with E-state index < -0.39 is 5.41 Å². The Morgan fingerprint density at radius 1 is 0.243 bits per heavy atom. The van der Waals surface area contributed by atoms with Crippen molar-refractivity contribution in [3.05, 3.63) is 307 Å². The molecule has 0 N–H and O–H groups in total. The Balaban J connectivity index is 1.11. The van der Waals surface area contributed by atoms with Crippen LogP contribution in [0.1, 0.15) is 22.3 Å². The van der Waals surface area contributed by atoms with E-state index in [0.29, 0.717) is 0 Å². The summed E-state index contributed by atoms with van der Waals surface area (Å²) >= 11 is 0. The van der Waals surface area contributed by atoms with E-state index in [1.165, 1.54) is 93.9 Å². The van der Waals surface area contributed by atoms with E-state index in [1.54, 1.807) is 0 Å². The first kappa shape index (κ1) is 41.2. The second-order valence-corrected chi connectivity index (χ2v) is 18.3. The zero-order valence-corrected chi connectivity index (χ0v) is 38.6. The summed E-state index contributed by atoms with van der Waals surface area (Å²) in [5.74, 6) is 0. The molecule has 0 saturated heterocycles. The van der Waals surface area contributed by atoms with Gasteiger partial charge in [0.2, 0.25) is 0 Å². The molecule has 0 amide bonds. The minimum absolute atomic E-state index is 0.513. The predicted molar refractivity (Wildman–Crippen MR) is 295 cm³/mol. The summed E-state index contributed by atoms with van der Waals surface area (Å²) < 4.78 is 0. The number of fused-ring (bicyclic) bond motifs is 6. The van der Waals surface area contributed by atoms with Crippen LogP contribution in [0.15, 0.2) is 285 Å². The predicted octanol–water partition coefficient (Wildman–Crippen LogP) is 18.5. The summed E-state index contributed by atoms with van der Waals surface area (Å²) in [6, 6.07) is 105. The second-order valence-electron chi connectivity index (χ2n) is 18.3. The smallest absolute Gasteiger partial charge is 0.0713 e. The first-order valence-corrected chi connectivity index (χ1v) is 24.3. The summed E-state index contributed by atoms with van der Waals surface area (Å²) in [7, 11) is 0. The number of hydrogen-bond donors (Lipinski definition) is 0. The first-order chi connectivity index (χ1) is 34.8. The van der Waals surface area contributed by atoms with E-state index in [1.807, 2.05) is 0 Å². The topological polar surface area (TPSA) is 3.24 Å². The van der Waals surface area contributed by atoms with Gasteiger partial charge in [0.05, 0.1) is 11.1 Å². The van der Waals surface area contributed by atoms with Crippen molar-refractivity contribution in [1.82, 2.24) is 0 Å². The number of nitrogens with zero attached hydrogens (tertiary/aromatic N) is 1. The van der Waals surface area contributed by atoms with Crippen LogP contribution < -0.4 is 4.90 Å². The van der Waals surface area contributed by atoms with Crippen LogP contribution in [0.4, 0.5) is 17.1 Å². The van der Waals surface area contributed by atoms with Crippen LogP contribution in [0.5, 0.6) is 0 Å². The van der Waals surface area contributed by atoms with Crippen LogP contribution in [0.3, 0.4) is 0 Å². The van der Waals surface area contributed by atoms with Crippen LogP contribution in [-0.4, -0.2) is 0 Å². The maximum absolute atomic E-state index is 2.56. The third kappa shape index (κ3) is 6.70. The van der Waals surface area contributed by atoms with Crippen LogP contribution in [0.25, 0.3) is 77.2 Å². The lowest BCUT2D eigenvalue weighted by atomic mass is 9.68. The molecule has 0 bridgehead atoms. The summed E-state index contributed by atoms with van der Waals surface area (Å²) in [5, 5.41) is 4.85. The molecule has 0 atom stereocenters. The Kier molecular flexibility index (Phi) is 10.1. The lowest BCUT2D eigenvalue weighted by Crippen LogP contribution is -2.28. The van der Waals surface area contributed by atoms with Gasteiger partial charge in [0.1, 0.15) is 0 Å². The fourth-order valence-electron chi connectivity index (χ4n) is 11.5. The Morgan fingerprint density at radius 2 is 0.657 bits per heavy atom. The van der Waals surface area contributed by atoms with E-state index in [9.17, 15) is 0 Å². The average molecular weight is 890 g/mol. The monoisotopic (exact) mass is 889 g/mol. The SMILES string of the molecule is c1ccc(-c2ccc(-c3ccc(N(c4ccc5c(c4)-c4ccccc4C5(c4ccccc4)c4ccccc4)c4c(-c5ccccc5)c5ccccc5c5ccccc45)cc3-c3ccccc3)cc2)cc1. The maximum Gasteiger partial charge on any atom is 0.0713 e. The molecule has 0 saturated carbocycles. The van der Waals surface area contributed by atoms with Gasteiger partial charge < -0.3 is 4.90 Å². The summed E-state index contributed by atoms with van der Waals surface area (Å²) in [4.78, 5) is 2.56. The van der Waals surface area contributed by atoms with Gasteiger partial charge in [0.25, 0.3) is 0 Å². The maximum atomic E-state index is 2.56. The molecule has 1 nitrogen and oxygen atoms in total. The van der Waals surface area contributed by atoms with E-state index >= 15 is 0 Å². The van der Waals surface area contributed by atoms with Crippen molar-refractivity contribution in [1.29, 1.82) is 0 Å². The minimum atomic E-state index is -0.513. The van der Waals surface area contributed by atoms with Crippen molar-refractivity contribution in [2.45, 2.75) is 5.41 Å². The molecule has 1 aliphatic carbocycles. The third-order valence-corrected chi connectivity index (χ3v) is 14.5. The van der Waals surface area contributed by atoms with Gasteiger partial charge in [-0.1, -0.05) is 261 Å². The zero-order chi connectivity index (χ0) is 46.4. The van der Waals surface area contributed by atoms with Gasteiger partial charge in [0.15, 0.2) is 0 Å². The molecule has 0 aliphatic heterocycles. The minimum Gasteiger partial charge on any atom is -0.309 e. The highest BCUT2D eigenvalue weighted by Crippen LogP contribution is 2.58. The summed E-state index contributed by atoms with van der Waals surface area (Å²) in [5.41, 5.74) is 19.8. The van der Waals surface area contributed by atoms with E-state index in [4.69, 9.17) is 0 Å². The summed E-state index contributed by atoms with van der Waals surface area (Å²) in [6.45, 7) is 0. The van der Waals surface area contributed by atoms with Crippen molar-refractivity contribution in [3.63, 3.8) is 0 Å². The molecule has 12 aromatic rings. The largest absolute Gasteiger partial charge is 0.309 e. The third-order valence-electron chi connectivity index (χ3n) is 14.5. The molecule has 328 valence electrons. The van der Waals surface area contributed by atoms with Crippen LogP contribution in [0, 0.1) is 0 Å². The molecule has 13 rings (SSSR count). The molecule has 0 spiro atoms. The van der Waals surface area contributed by atoms with Gasteiger partial charge in [-0.25, -0.2) is 0 Å². The Hall–Kier alpha value is -9.04. The highest BCUT2D eigenvalue weighted by molar-refractivity contribution is 6.22. The molecular formula is C69H47N. The number of anilines is 3. The van der Waals surface area contributed by atoms with Crippen LogP contribution in [-0.2, 0) is 5.41 Å². The van der Waals surface area contributed by atoms with Gasteiger partial charge in [-0.15, -0.1) is 0 Å². The molecule has 0 heterocycles. The number of benzene rings is 12. The van der Waals surface area contributed by atoms with Gasteiger partial charge >= 0.3 is 0 Å². The van der Waals surface area contributed by atoms with Crippen molar-refractivity contribution in [3.8, 4) is 55.6 Å². The molecule has 1 aliphatic rings. The van der Waals surface area contributed by atoms with E-state index in [-0.39, 0.29) is 0 Å². The highest BCUT2D eigenvalue weighted by atomic mass is 15.1. The van der Waals surface area contributed by atoms with Crippen molar-refractivity contribution >= 4 is 38.6 Å². The molecular weight excluding hydrogens is 843 g/mol.